The number of aryl methyl sites for hydroxylation is 1. The topological polar surface area (TPSA) is 43.4 Å². The number of alkyl halides is 2. The van der Waals surface area contributed by atoms with Gasteiger partial charge in [-0.3, -0.25) is 4.18 Å². The van der Waals surface area contributed by atoms with Crippen LogP contribution in [0.1, 0.15) is 18.4 Å². The van der Waals surface area contributed by atoms with Gasteiger partial charge in [0.1, 0.15) is 0 Å². The first-order valence-corrected chi connectivity index (χ1v) is 7.59. The molecule has 3 rings (SSSR count). The van der Waals surface area contributed by atoms with E-state index in [4.69, 9.17) is 4.18 Å². The van der Waals surface area contributed by atoms with Crippen molar-refractivity contribution in [2.75, 3.05) is 0 Å². The van der Waals surface area contributed by atoms with E-state index < -0.39 is 34.0 Å². The third kappa shape index (κ3) is 2.17. The van der Waals surface area contributed by atoms with Crippen LogP contribution in [0.15, 0.2) is 29.2 Å². The highest BCUT2D eigenvalue weighted by Crippen LogP contribution is 2.64. The van der Waals surface area contributed by atoms with Gasteiger partial charge >= 0.3 is 0 Å². The lowest BCUT2D eigenvalue weighted by Crippen LogP contribution is -2.20. The highest BCUT2D eigenvalue weighted by molar-refractivity contribution is 7.86. The Labute approximate surface area is 110 Å². The molecule has 2 saturated carbocycles. The first-order chi connectivity index (χ1) is 8.80. The lowest BCUT2D eigenvalue weighted by atomic mass is 10.2. The maximum absolute atomic E-state index is 13.0. The van der Waals surface area contributed by atoms with Gasteiger partial charge in [-0.25, -0.2) is 8.78 Å². The molecule has 3 nitrogen and oxygen atoms in total. The first-order valence-electron chi connectivity index (χ1n) is 6.18. The Hall–Kier alpha value is -1.01. The summed E-state index contributed by atoms with van der Waals surface area (Å²) < 4.78 is 55.0. The summed E-state index contributed by atoms with van der Waals surface area (Å²) in [5.41, 5.74) is 0.945. The van der Waals surface area contributed by atoms with Crippen LogP contribution in [0.3, 0.4) is 0 Å². The van der Waals surface area contributed by atoms with Crippen LogP contribution in [0.4, 0.5) is 8.78 Å². The van der Waals surface area contributed by atoms with E-state index in [9.17, 15) is 17.2 Å². The number of hydrogen-bond acceptors (Lipinski definition) is 3. The molecule has 0 radical (unpaired) electrons. The van der Waals surface area contributed by atoms with Gasteiger partial charge in [0.05, 0.1) is 11.0 Å². The molecule has 0 heterocycles. The molecule has 2 fully saturated rings. The molecule has 0 aromatic heterocycles. The Morgan fingerprint density at radius 3 is 2.21 bits per heavy atom. The largest absolute Gasteiger partial charge is 0.297 e. The predicted molar refractivity (Wildman–Crippen MR) is 64.4 cm³/mol. The molecule has 104 valence electrons. The van der Waals surface area contributed by atoms with Crippen molar-refractivity contribution >= 4 is 10.1 Å². The molecule has 3 atom stereocenters. The maximum Gasteiger partial charge on any atom is 0.297 e. The third-order valence-corrected chi connectivity index (χ3v) is 5.35. The summed E-state index contributed by atoms with van der Waals surface area (Å²) in [4.78, 5) is 0.0745. The molecule has 0 bridgehead atoms. The normalized spacial score (nSPS) is 32.1. The van der Waals surface area contributed by atoms with Crippen molar-refractivity contribution in [1.29, 1.82) is 0 Å². The van der Waals surface area contributed by atoms with Gasteiger partial charge in [-0.05, 0) is 31.9 Å². The lowest BCUT2D eigenvalue weighted by Gasteiger charge is -2.15. The fraction of sp³-hybridized carbons (Fsp3) is 0.538. The molecule has 2 aliphatic rings. The summed E-state index contributed by atoms with van der Waals surface area (Å²) in [5, 5.41) is 0. The van der Waals surface area contributed by atoms with Crippen molar-refractivity contribution < 1.29 is 21.4 Å². The van der Waals surface area contributed by atoms with Gasteiger partial charge in [0.15, 0.2) is 0 Å². The van der Waals surface area contributed by atoms with E-state index in [-0.39, 0.29) is 17.7 Å². The van der Waals surface area contributed by atoms with E-state index >= 15 is 0 Å². The summed E-state index contributed by atoms with van der Waals surface area (Å²) in [7, 11) is -3.85. The zero-order chi connectivity index (χ0) is 13.8. The van der Waals surface area contributed by atoms with Crippen molar-refractivity contribution in [3.63, 3.8) is 0 Å². The second kappa shape index (κ2) is 3.99. The van der Waals surface area contributed by atoms with Gasteiger partial charge in [-0.1, -0.05) is 17.7 Å². The average molecular weight is 288 g/mol. The van der Waals surface area contributed by atoms with Gasteiger partial charge in [0, 0.05) is 11.8 Å². The van der Waals surface area contributed by atoms with E-state index in [1.807, 2.05) is 6.92 Å². The van der Waals surface area contributed by atoms with Crippen molar-refractivity contribution in [2.45, 2.75) is 36.7 Å². The van der Waals surface area contributed by atoms with Crippen LogP contribution in [0, 0.1) is 18.8 Å². The van der Waals surface area contributed by atoms with Crippen molar-refractivity contribution in [2.24, 2.45) is 11.8 Å². The van der Waals surface area contributed by atoms with Crippen LogP contribution in [0.5, 0.6) is 0 Å². The molecular formula is C13H14F2O3S. The van der Waals surface area contributed by atoms with E-state index in [0.717, 1.165) is 5.56 Å². The van der Waals surface area contributed by atoms with E-state index in [1.54, 1.807) is 12.1 Å². The smallest absolute Gasteiger partial charge is 0.263 e. The molecule has 0 saturated heterocycles. The molecule has 0 N–H and O–H groups in total. The Morgan fingerprint density at radius 1 is 1.16 bits per heavy atom. The number of halogens is 2. The summed E-state index contributed by atoms with van der Waals surface area (Å²) >= 11 is 0. The molecule has 6 heteroatoms. The van der Waals surface area contributed by atoms with Crippen molar-refractivity contribution in [3.05, 3.63) is 29.8 Å². The second-order valence-corrected chi connectivity index (χ2v) is 6.92. The summed E-state index contributed by atoms with van der Waals surface area (Å²) in [6.07, 6.45) is -0.355. The molecule has 0 amide bonds. The quantitative estimate of drug-likeness (QED) is 0.803. The van der Waals surface area contributed by atoms with Crippen LogP contribution >= 0.6 is 0 Å². The van der Waals surface area contributed by atoms with E-state index in [2.05, 4.69) is 0 Å². The van der Waals surface area contributed by atoms with Crippen molar-refractivity contribution in [1.82, 2.24) is 0 Å². The fourth-order valence-corrected chi connectivity index (χ4v) is 3.88. The minimum absolute atomic E-state index is 0.0745. The van der Waals surface area contributed by atoms with Crippen LogP contribution < -0.4 is 0 Å². The summed E-state index contributed by atoms with van der Waals surface area (Å²) in [6.45, 7) is 1.85. The third-order valence-electron chi connectivity index (χ3n) is 3.97. The van der Waals surface area contributed by atoms with Crippen LogP contribution in [0.25, 0.3) is 0 Å². The molecule has 1 aromatic rings. The van der Waals surface area contributed by atoms with E-state index in [0.29, 0.717) is 0 Å². The Morgan fingerprint density at radius 2 is 1.68 bits per heavy atom. The van der Waals surface area contributed by atoms with Gasteiger partial charge < -0.3 is 0 Å². The second-order valence-electron chi connectivity index (χ2n) is 5.34. The Kier molecular flexibility index (Phi) is 2.73. The SMILES string of the molecule is Cc1ccc(S(=O)(=O)OC2C[C@@H]3[C@H](C2)C3(F)F)cc1. The molecule has 19 heavy (non-hydrogen) atoms. The number of benzene rings is 1. The lowest BCUT2D eigenvalue weighted by molar-refractivity contribution is 0.0482. The molecule has 0 aliphatic heterocycles. The molecule has 1 aromatic carbocycles. The fourth-order valence-electron chi connectivity index (χ4n) is 2.78. The van der Waals surface area contributed by atoms with Gasteiger partial charge in [0.2, 0.25) is 0 Å². The van der Waals surface area contributed by atoms with Crippen LogP contribution in [0.2, 0.25) is 0 Å². The summed E-state index contributed by atoms with van der Waals surface area (Å²) in [6, 6.07) is 6.29. The minimum atomic E-state index is -3.85. The highest BCUT2D eigenvalue weighted by Gasteiger charge is 2.72. The molecule has 2 aliphatic carbocycles. The van der Waals surface area contributed by atoms with Crippen molar-refractivity contribution in [3.8, 4) is 0 Å². The van der Waals surface area contributed by atoms with Gasteiger partial charge in [0.25, 0.3) is 16.0 Å². The molecule has 1 unspecified atom stereocenters. The molecule has 0 spiro atoms. The minimum Gasteiger partial charge on any atom is -0.263 e. The molecular weight excluding hydrogens is 274 g/mol. The Balaban J connectivity index is 1.69. The zero-order valence-electron chi connectivity index (χ0n) is 10.3. The predicted octanol–water partition coefficient (Wildman–Crippen LogP) is 2.74. The Bertz CT molecular complexity index is 581. The number of fused-ring (bicyclic) bond motifs is 1. The number of hydrogen-bond donors (Lipinski definition) is 0. The standard InChI is InChI=1S/C13H14F2O3S/c1-8-2-4-10(5-3-8)19(16,17)18-9-6-11-12(7-9)13(11,14)15/h2-5,9,11-12H,6-7H2,1H3/t9?,11-,12+. The first kappa shape index (κ1) is 13.0. The van der Waals surface area contributed by atoms with Gasteiger partial charge in [-0.2, -0.15) is 8.42 Å². The monoisotopic (exact) mass is 288 g/mol. The van der Waals surface area contributed by atoms with Crippen LogP contribution in [-0.2, 0) is 14.3 Å². The van der Waals surface area contributed by atoms with Crippen LogP contribution in [-0.4, -0.2) is 20.4 Å². The maximum atomic E-state index is 13.0. The van der Waals surface area contributed by atoms with Gasteiger partial charge in [-0.15, -0.1) is 0 Å². The zero-order valence-corrected chi connectivity index (χ0v) is 11.2. The highest BCUT2D eigenvalue weighted by atomic mass is 32.2. The number of rotatable bonds is 3. The summed E-state index contributed by atoms with van der Waals surface area (Å²) in [5.74, 6) is -3.98. The average Bonchev–Trinajstić information content (AvgIpc) is 2.70. The van der Waals surface area contributed by atoms with E-state index in [1.165, 1.54) is 12.1 Å².